The van der Waals surface area contributed by atoms with Crippen LogP contribution in [0.3, 0.4) is 0 Å². The average Bonchev–Trinajstić information content (AvgIpc) is 2.72. The Hall–Kier alpha value is -1.40. The number of likely N-dealkylation sites (N-methyl/N-ethyl adjacent to an activating group) is 1. The van der Waals surface area contributed by atoms with Gasteiger partial charge in [-0.05, 0) is 20.5 Å². The molecule has 0 saturated carbocycles. The first kappa shape index (κ1) is 14.7. The second-order valence-electron chi connectivity index (χ2n) is 4.57. The van der Waals surface area contributed by atoms with Crippen molar-refractivity contribution in [1.82, 2.24) is 20.0 Å². The summed E-state index contributed by atoms with van der Waals surface area (Å²) in [6.07, 6.45) is 4.40. The molecule has 1 unspecified atom stereocenters. The molecule has 1 aromatic heterocycles. The van der Waals surface area contributed by atoms with Gasteiger partial charge in [0.15, 0.2) is 0 Å². The molecule has 0 amide bonds. The van der Waals surface area contributed by atoms with Gasteiger partial charge in [0, 0.05) is 31.4 Å². The van der Waals surface area contributed by atoms with Gasteiger partial charge < -0.3 is 10.0 Å². The first-order valence-electron chi connectivity index (χ1n) is 6.18. The largest absolute Gasteiger partial charge is 0.480 e. The minimum absolute atomic E-state index is 0.628. The number of aliphatic carboxylic acids is 1. The van der Waals surface area contributed by atoms with Gasteiger partial charge in [0.2, 0.25) is 0 Å². The van der Waals surface area contributed by atoms with Crippen molar-refractivity contribution in [1.29, 1.82) is 0 Å². The predicted octanol–water partition coefficient (Wildman–Crippen LogP) is 0.570. The Bertz CT molecular complexity index is 376. The van der Waals surface area contributed by atoms with Gasteiger partial charge in [-0.25, -0.2) is 0 Å². The molecule has 18 heavy (non-hydrogen) atoms. The summed E-state index contributed by atoms with van der Waals surface area (Å²) in [5, 5.41) is 16.4. The Balaban J connectivity index is 2.62. The molecule has 0 aliphatic heterocycles. The van der Waals surface area contributed by atoms with E-state index in [9.17, 15) is 9.90 Å². The molecule has 2 N–H and O–H groups in total. The topological polar surface area (TPSA) is 70.4 Å². The van der Waals surface area contributed by atoms with Gasteiger partial charge in [0.1, 0.15) is 6.04 Å². The predicted molar refractivity (Wildman–Crippen MR) is 69.5 cm³/mol. The number of hydrogen-bond donors (Lipinski definition) is 2. The number of carboxylic acid groups (broad SMARTS) is 1. The van der Waals surface area contributed by atoms with E-state index in [0.717, 1.165) is 19.5 Å². The summed E-state index contributed by atoms with van der Waals surface area (Å²) in [5.74, 6) is -0.871. The van der Waals surface area contributed by atoms with E-state index < -0.39 is 12.0 Å². The lowest BCUT2D eigenvalue weighted by Gasteiger charge is -2.15. The lowest BCUT2D eigenvalue weighted by atomic mass is 10.1. The molecule has 102 valence electrons. The molecule has 0 saturated heterocycles. The SMILES string of the molecule is CCCn1cc(C(NCCN(C)C)C(=O)O)cn1. The van der Waals surface area contributed by atoms with Crippen LogP contribution in [0.1, 0.15) is 24.9 Å². The second kappa shape index (κ2) is 7.13. The molecular formula is C12H22N4O2. The van der Waals surface area contributed by atoms with E-state index >= 15 is 0 Å². The standard InChI is InChI=1S/C12H22N4O2/c1-4-6-16-9-10(8-14-16)11(12(17)18)13-5-7-15(2)3/h8-9,11,13H,4-7H2,1-3H3,(H,17,18). The Morgan fingerprint density at radius 3 is 2.89 bits per heavy atom. The van der Waals surface area contributed by atoms with Crippen LogP contribution in [0.25, 0.3) is 0 Å². The van der Waals surface area contributed by atoms with Crippen molar-refractivity contribution in [3.63, 3.8) is 0 Å². The summed E-state index contributed by atoms with van der Waals surface area (Å²) in [5.41, 5.74) is 0.703. The van der Waals surface area contributed by atoms with E-state index in [2.05, 4.69) is 17.3 Å². The molecule has 1 rings (SSSR count). The van der Waals surface area contributed by atoms with Crippen molar-refractivity contribution in [2.45, 2.75) is 25.9 Å². The first-order valence-corrected chi connectivity index (χ1v) is 6.18. The number of nitrogens with zero attached hydrogens (tertiary/aromatic N) is 3. The molecule has 6 heteroatoms. The van der Waals surface area contributed by atoms with Crippen molar-refractivity contribution >= 4 is 5.97 Å². The van der Waals surface area contributed by atoms with Gasteiger partial charge in [0.25, 0.3) is 0 Å². The number of rotatable bonds is 8. The van der Waals surface area contributed by atoms with E-state index in [-0.39, 0.29) is 0 Å². The van der Waals surface area contributed by atoms with E-state index in [0.29, 0.717) is 12.1 Å². The van der Waals surface area contributed by atoms with Crippen molar-refractivity contribution < 1.29 is 9.90 Å². The first-order chi connectivity index (χ1) is 8.54. The van der Waals surface area contributed by atoms with Crippen molar-refractivity contribution in [2.75, 3.05) is 27.2 Å². The normalized spacial score (nSPS) is 12.9. The molecule has 0 spiro atoms. The molecule has 6 nitrogen and oxygen atoms in total. The lowest BCUT2D eigenvalue weighted by Crippen LogP contribution is -2.33. The Morgan fingerprint density at radius 2 is 2.33 bits per heavy atom. The summed E-state index contributed by atoms with van der Waals surface area (Å²) >= 11 is 0. The molecule has 0 bridgehead atoms. The van der Waals surface area contributed by atoms with E-state index in [1.165, 1.54) is 0 Å². The zero-order valence-electron chi connectivity index (χ0n) is 11.3. The monoisotopic (exact) mass is 254 g/mol. The third-order valence-corrected chi connectivity index (χ3v) is 2.59. The van der Waals surface area contributed by atoms with Crippen LogP contribution in [0.4, 0.5) is 0 Å². The van der Waals surface area contributed by atoms with Crippen molar-refractivity contribution in [3.8, 4) is 0 Å². The van der Waals surface area contributed by atoms with Gasteiger partial charge in [-0.1, -0.05) is 6.92 Å². The summed E-state index contributed by atoms with van der Waals surface area (Å²) < 4.78 is 1.78. The smallest absolute Gasteiger partial charge is 0.325 e. The Labute approximate surface area is 108 Å². The minimum atomic E-state index is -0.871. The van der Waals surface area contributed by atoms with Crippen LogP contribution in [-0.2, 0) is 11.3 Å². The summed E-state index contributed by atoms with van der Waals surface area (Å²) in [6, 6.07) is -0.685. The maximum atomic E-state index is 11.2. The number of hydrogen-bond acceptors (Lipinski definition) is 4. The van der Waals surface area contributed by atoms with E-state index in [4.69, 9.17) is 0 Å². The summed E-state index contributed by atoms with van der Waals surface area (Å²) in [6.45, 7) is 4.30. The number of nitrogens with one attached hydrogen (secondary N) is 1. The maximum Gasteiger partial charge on any atom is 0.325 e. The maximum absolute atomic E-state index is 11.2. The van der Waals surface area contributed by atoms with E-state index in [1.54, 1.807) is 17.1 Å². The zero-order valence-corrected chi connectivity index (χ0v) is 11.3. The fourth-order valence-corrected chi connectivity index (χ4v) is 1.66. The number of carbonyl (C=O) groups is 1. The zero-order chi connectivity index (χ0) is 13.5. The number of aromatic nitrogens is 2. The number of aryl methyl sites for hydroxylation is 1. The van der Waals surface area contributed by atoms with Crippen molar-refractivity contribution in [3.05, 3.63) is 18.0 Å². The molecule has 0 radical (unpaired) electrons. The third kappa shape index (κ3) is 4.46. The molecule has 0 aliphatic carbocycles. The van der Waals surface area contributed by atoms with Gasteiger partial charge in [-0.2, -0.15) is 5.10 Å². The minimum Gasteiger partial charge on any atom is -0.480 e. The van der Waals surface area contributed by atoms with Crippen LogP contribution in [-0.4, -0.2) is 52.9 Å². The van der Waals surface area contributed by atoms with Gasteiger partial charge in [-0.3, -0.25) is 14.8 Å². The molecule has 1 heterocycles. The van der Waals surface area contributed by atoms with Crippen LogP contribution in [0.15, 0.2) is 12.4 Å². The van der Waals surface area contributed by atoms with Crippen LogP contribution in [0, 0.1) is 0 Å². The highest BCUT2D eigenvalue weighted by Gasteiger charge is 2.20. The van der Waals surface area contributed by atoms with Gasteiger partial charge in [0.05, 0.1) is 6.20 Å². The van der Waals surface area contributed by atoms with Crippen molar-refractivity contribution in [2.24, 2.45) is 0 Å². The highest BCUT2D eigenvalue weighted by molar-refractivity contribution is 5.75. The molecular weight excluding hydrogens is 232 g/mol. The molecule has 0 aliphatic rings. The highest BCUT2D eigenvalue weighted by atomic mass is 16.4. The molecule has 0 fully saturated rings. The third-order valence-electron chi connectivity index (χ3n) is 2.59. The van der Waals surface area contributed by atoms with Gasteiger partial charge >= 0.3 is 5.97 Å². The summed E-state index contributed by atoms with van der Waals surface area (Å²) in [4.78, 5) is 13.2. The molecule has 1 atom stereocenters. The van der Waals surface area contributed by atoms with Crippen LogP contribution in [0.5, 0.6) is 0 Å². The quantitative estimate of drug-likeness (QED) is 0.710. The average molecular weight is 254 g/mol. The fourth-order valence-electron chi connectivity index (χ4n) is 1.66. The lowest BCUT2D eigenvalue weighted by molar-refractivity contribution is -0.139. The molecule has 1 aromatic rings. The molecule has 0 aromatic carbocycles. The Morgan fingerprint density at radius 1 is 1.61 bits per heavy atom. The van der Waals surface area contributed by atoms with Crippen LogP contribution >= 0.6 is 0 Å². The number of carboxylic acids is 1. The van der Waals surface area contributed by atoms with Gasteiger partial charge in [-0.15, -0.1) is 0 Å². The van der Waals surface area contributed by atoms with Crippen LogP contribution in [0.2, 0.25) is 0 Å². The fraction of sp³-hybridized carbons (Fsp3) is 0.667. The van der Waals surface area contributed by atoms with E-state index in [1.807, 2.05) is 19.0 Å². The summed E-state index contributed by atoms with van der Waals surface area (Å²) in [7, 11) is 3.91. The Kier molecular flexibility index (Phi) is 5.80. The second-order valence-corrected chi connectivity index (χ2v) is 4.57. The van der Waals surface area contributed by atoms with Crippen LogP contribution < -0.4 is 5.32 Å². The highest BCUT2D eigenvalue weighted by Crippen LogP contribution is 2.12.